The van der Waals surface area contributed by atoms with Gasteiger partial charge in [0.05, 0.1) is 36.3 Å². The van der Waals surface area contributed by atoms with Crippen molar-refractivity contribution >= 4 is 11.4 Å². The van der Waals surface area contributed by atoms with Crippen molar-refractivity contribution < 1.29 is 4.74 Å². The van der Waals surface area contributed by atoms with E-state index in [2.05, 4.69) is 46.3 Å². The number of anilines is 2. The molecule has 2 aromatic rings. The van der Waals surface area contributed by atoms with E-state index in [-0.39, 0.29) is 0 Å². The van der Waals surface area contributed by atoms with E-state index < -0.39 is 0 Å². The number of aromatic nitrogens is 2. The maximum absolute atomic E-state index is 5.27. The molecule has 1 aromatic heterocycles. The summed E-state index contributed by atoms with van der Waals surface area (Å²) < 4.78 is 7.34. The van der Waals surface area contributed by atoms with Crippen molar-refractivity contribution in [2.45, 2.75) is 12.6 Å². The average molecular weight is 270 g/mol. The minimum Gasteiger partial charge on any atom is -0.386 e. The second-order valence-electron chi connectivity index (χ2n) is 5.48. The third kappa shape index (κ3) is 1.56. The van der Waals surface area contributed by atoms with Crippen LogP contribution >= 0.6 is 0 Å². The molecule has 1 N–H and O–H groups in total. The summed E-state index contributed by atoms with van der Waals surface area (Å²) in [7, 11) is 4.09. The molecule has 0 bridgehead atoms. The van der Waals surface area contributed by atoms with Gasteiger partial charge in [0.25, 0.3) is 0 Å². The van der Waals surface area contributed by atoms with Gasteiger partial charge in [-0.05, 0) is 6.07 Å². The Morgan fingerprint density at radius 1 is 1.35 bits per heavy atom. The molecule has 0 saturated carbocycles. The minimum absolute atomic E-state index is 0.404. The summed E-state index contributed by atoms with van der Waals surface area (Å²) in [5.74, 6) is 0. The van der Waals surface area contributed by atoms with Gasteiger partial charge < -0.3 is 15.0 Å². The summed E-state index contributed by atoms with van der Waals surface area (Å²) in [6.07, 6.45) is 2.17. The van der Waals surface area contributed by atoms with E-state index in [0.29, 0.717) is 6.04 Å². The van der Waals surface area contributed by atoms with Crippen molar-refractivity contribution in [2.75, 3.05) is 37.5 Å². The first-order valence-corrected chi connectivity index (χ1v) is 6.96. The maximum Gasteiger partial charge on any atom is 0.0994 e. The SMILES string of the molecule is CNc1cccc2c1N(C)Cc1cn(C3COC3)nc1-2. The molecule has 5 heteroatoms. The highest BCUT2D eigenvalue weighted by Gasteiger charge is 2.28. The zero-order valence-corrected chi connectivity index (χ0v) is 11.8. The standard InChI is InChI=1S/C15H18N4O/c1-16-13-5-3-4-12-14-10(6-18(2)15(12)13)7-19(17-14)11-8-20-9-11/h3-5,7,11,16H,6,8-9H2,1-2H3. The Morgan fingerprint density at radius 3 is 2.90 bits per heavy atom. The third-order valence-electron chi connectivity index (χ3n) is 4.15. The molecule has 1 aromatic carbocycles. The van der Waals surface area contributed by atoms with E-state index in [1.165, 1.54) is 16.8 Å². The quantitative estimate of drug-likeness (QED) is 0.907. The van der Waals surface area contributed by atoms with Crippen LogP contribution in [0.4, 0.5) is 11.4 Å². The van der Waals surface area contributed by atoms with Crippen LogP contribution in [0, 0.1) is 0 Å². The molecule has 5 nitrogen and oxygen atoms in total. The number of fused-ring (bicyclic) bond motifs is 3. The van der Waals surface area contributed by atoms with Gasteiger partial charge in [0.2, 0.25) is 0 Å². The molecule has 0 unspecified atom stereocenters. The van der Waals surface area contributed by atoms with E-state index in [9.17, 15) is 0 Å². The van der Waals surface area contributed by atoms with Crippen LogP contribution in [-0.4, -0.2) is 37.1 Å². The molecule has 0 atom stereocenters. The molecule has 1 fully saturated rings. The van der Waals surface area contributed by atoms with Gasteiger partial charge in [-0.1, -0.05) is 12.1 Å². The Hall–Kier alpha value is -2.01. The van der Waals surface area contributed by atoms with E-state index in [0.717, 1.165) is 31.1 Å². The zero-order valence-electron chi connectivity index (χ0n) is 11.8. The Balaban J connectivity index is 1.86. The van der Waals surface area contributed by atoms with E-state index >= 15 is 0 Å². The highest BCUT2D eigenvalue weighted by atomic mass is 16.5. The Labute approximate surface area is 118 Å². The molecule has 104 valence electrons. The molecule has 3 heterocycles. The number of nitrogens with zero attached hydrogens (tertiary/aromatic N) is 3. The van der Waals surface area contributed by atoms with Crippen LogP contribution in [0.1, 0.15) is 11.6 Å². The predicted molar refractivity (Wildman–Crippen MR) is 79.2 cm³/mol. The van der Waals surface area contributed by atoms with Crippen molar-refractivity contribution in [3.8, 4) is 11.3 Å². The maximum atomic E-state index is 5.27. The van der Waals surface area contributed by atoms with Crippen LogP contribution in [0.15, 0.2) is 24.4 Å². The number of benzene rings is 1. The molecule has 2 aliphatic rings. The summed E-state index contributed by atoms with van der Waals surface area (Å²) in [5.41, 5.74) is 6.00. The smallest absolute Gasteiger partial charge is 0.0994 e. The molecule has 0 radical (unpaired) electrons. The fourth-order valence-corrected chi connectivity index (χ4v) is 3.02. The molecular formula is C15H18N4O. The molecule has 2 aliphatic heterocycles. The topological polar surface area (TPSA) is 42.3 Å². The highest BCUT2D eigenvalue weighted by molar-refractivity contribution is 5.89. The predicted octanol–water partition coefficient (Wildman–Crippen LogP) is 2.11. The first-order valence-electron chi connectivity index (χ1n) is 6.96. The van der Waals surface area contributed by atoms with Gasteiger partial charge in [0.1, 0.15) is 0 Å². The van der Waals surface area contributed by atoms with Gasteiger partial charge in [-0.15, -0.1) is 0 Å². The molecule has 0 spiro atoms. The monoisotopic (exact) mass is 270 g/mol. The van der Waals surface area contributed by atoms with Gasteiger partial charge in [-0.25, -0.2) is 0 Å². The third-order valence-corrected chi connectivity index (χ3v) is 4.15. The Morgan fingerprint density at radius 2 is 2.20 bits per heavy atom. The number of hydrogen-bond donors (Lipinski definition) is 1. The lowest BCUT2D eigenvalue weighted by Crippen LogP contribution is -2.30. The number of para-hydroxylation sites is 1. The molecular weight excluding hydrogens is 252 g/mol. The van der Waals surface area contributed by atoms with Crippen LogP contribution in [0.5, 0.6) is 0 Å². The normalized spacial score (nSPS) is 17.4. The highest BCUT2D eigenvalue weighted by Crippen LogP contribution is 2.42. The van der Waals surface area contributed by atoms with E-state index in [1.807, 2.05) is 7.05 Å². The van der Waals surface area contributed by atoms with Crippen LogP contribution in [0.2, 0.25) is 0 Å². The Kier molecular flexibility index (Phi) is 2.50. The minimum atomic E-state index is 0.404. The van der Waals surface area contributed by atoms with Gasteiger partial charge in [-0.3, -0.25) is 4.68 Å². The Bertz CT molecular complexity index is 660. The van der Waals surface area contributed by atoms with Crippen LogP contribution in [-0.2, 0) is 11.3 Å². The first kappa shape index (κ1) is 11.8. The molecule has 4 rings (SSSR count). The number of ether oxygens (including phenoxy) is 1. The summed E-state index contributed by atoms with van der Waals surface area (Å²) in [6.45, 7) is 2.45. The number of hydrogen-bond acceptors (Lipinski definition) is 4. The van der Waals surface area contributed by atoms with Gasteiger partial charge in [-0.2, -0.15) is 5.10 Å². The van der Waals surface area contributed by atoms with Gasteiger partial charge in [0, 0.05) is 38.0 Å². The fraction of sp³-hybridized carbons (Fsp3) is 0.400. The lowest BCUT2D eigenvalue weighted by Gasteiger charge is -2.28. The lowest BCUT2D eigenvalue weighted by atomic mass is 9.99. The number of nitrogens with one attached hydrogen (secondary N) is 1. The second kappa shape index (κ2) is 4.24. The molecule has 0 amide bonds. The van der Waals surface area contributed by atoms with Crippen molar-refractivity contribution in [2.24, 2.45) is 0 Å². The summed E-state index contributed by atoms with van der Waals surface area (Å²) >= 11 is 0. The van der Waals surface area contributed by atoms with E-state index in [1.54, 1.807) is 0 Å². The zero-order chi connectivity index (χ0) is 13.7. The van der Waals surface area contributed by atoms with Crippen molar-refractivity contribution in [1.82, 2.24) is 9.78 Å². The van der Waals surface area contributed by atoms with Gasteiger partial charge in [0.15, 0.2) is 0 Å². The van der Waals surface area contributed by atoms with Crippen molar-refractivity contribution in [3.05, 3.63) is 30.0 Å². The van der Waals surface area contributed by atoms with Gasteiger partial charge >= 0.3 is 0 Å². The molecule has 1 saturated heterocycles. The van der Waals surface area contributed by atoms with Crippen LogP contribution < -0.4 is 10.2 Å². The average Bonchev–Trinajstić information content (AvgIpc) is 2.79. The molecule has 20 heavy (non-hydrogen) atoms. The molecule has 0 aliphatic carbocycles. The van der Waals surface area contributed by atoms with Crippen molar-refractivity contribution in [1.29, 1.82) is 0 Å². The number of rotatable bonds is 2. The second-order valence-corrected chi connectivity index (χ2v) is 5.48. The fourth-order valence-electron chi connectivity index (χ4n) is 3.02. The summed E-state index contributed by atoms with van der Waals surface area (Å²) in [6, 6.07) is 6.75. The summed E-state index contributed by atoms with van der Waals surface area (Å²) in [5, 5.41) is 8.08. The van der Waals surface area contributed by atoms with E-state index in [4.69, 9.17) is 9.84 Å². The van der Waals surface area contributed by atoms with Crippen molar-refractivity contribution in [3.63, 3.8) is 0 Å². The summed E-state index contributed by atoms with van der Waals surface area (Å²) in [4.78, 5) is 2.28. The largest absolute Gasteiger partial charge is 0.386 e. The van der Waals surface area contributed by atoms with Crippen LogP contribution in [0.3, 0.4) is 0 Å². The van der Waals surface area contributed by atoms with Crippen LogP contribution in [0.25, 0.3) is 11.3 Å². The lowest BCUT2D eigenvalue weighted by molar-refractivity contribution is -0.0285. The first-order chi connectivity index (χ1) is 9.78.